The summed E-state index contributed by atoms with van der Waals surface area (Å²) >= 11 is 5.91. The van der Waals surface area contributed by atoms with E-state index in [0.29, 0.717) is 22.0 Å². The molecule has 0 aromatic heterocycles. The maximum Gasteiger partial charge on any atom is 0.311 e. The van der Waals surface area contributed by atoms with Crippen molar-refractivity contribution >= 4 is 29.2 Å². The van der Waals surface area contributed by atoms with Crippen LogP contribution in [0.15, 0.2) is 12.1 Å². The fourth-order valence-electron chi connectivity index (χ4n) is 1.84. The molecule has 1 atom stereocenters. The van der Waals surface area contributed by atoms with E-state index in [1.165, 1.54) is 13.2 Å². The Hall–Kier alpha value is -1.75. The second-order valence-electron chi connectivity index (χ2n) is 3.72. The quantitative estimate of drug-likeness (QED) is 0.846. The number of rotatable bonds is 2. The molecular formula is C11H10ClNO4. The first-order valence-electron chi connectivity index (χ1n) is 4.93. The van der Waals surface area contributed by atoms with E-state index in [2.05, 4.69) is 5.32 Å². The van der Waals surface area contributed by atoms with Crippen molar-refractivity contribution < 1.29 is 19.4 Å². The Balaban J connectivity index is 2.56. The summed E-state index contributed by atoms with van der Waals surface area (Å²) in [7, 11) is 1.45. The molecule has 17 heavy (non-hydrogen) atoms. The first kappa shape index (κ1) is 11.7. The molecule has 0 fully saturated rings. The van der Waals surface area contributed by atoms with Gasteiger partial charge < -0.3 is 15.2 Å². The molecule has 2 rings (SSSR count). The van der Waals surface area contributed by atoms with Crippen molar-refractivity contribution in [3.05, 3.63) is 22.7 Å². The number of nitrogens with one attached hydrogen (secondary N) is 1. The third-order valence-electron chi connectivity index (χ3n) is 2.66. The first-order valence-corrected chi connectivity index (χ1v) is 5.31. The topological polar surface area (TPSA) is 75.6 Å². The number of aliphatic carboxylic acids is 1. The number of hydrogen-bond donors (Lipinski definition) is 2. The van der Waals surface area contributed by atoms with Crippen LogP contribution in [0.3, 0.4) is 0 Å². The van der Waals surface area contributed by atoms with Gasteiger partial charge >= 0.3 is 5.97 Å². The summed E-state index contributed by atoms with van der Waals surface area (Å²) in [5.74, 6) is -1.82. The van der Waals surface area contributed by atoms with E-state index in [4.69, 9.17) is 21.4 Å². The molecule has 1 aliphatic heterocycles. The Kier molecular flexibility index (Phi) is 2.93. The van der Waals surface area contributed by atoms with Crippen LogP contribution in [-0.2, 0) is 9.59 Å². The SMILES string of the molecule is COc1cc2c(cc1Cl)NC(=O)CC2C(=O)O. The van der Waals surface area contributed by atoms with Crippen molar-refractivity contribution in [2.24, 2.45) is 0 Å². The number of carbonyl (C=O) groups excluding carboxylic acids is 1. The van der Waals surface area contributed by atoms with Gasteiger partial charge in [-0.05, 0) is 17.7 Å². The van der Waals surface area contributed by atoms with Gasteiger partial charge in [-0.1, -0.05) is 11.6 Å². The number of hydrogen-bond acceptors (Lipinski definition) is 3. The Morgan fingerprint density at radius 1 is 1.59 bits per heavy atom. The van der Waals surface area contributed by atoms with Crippen molar-refractivity contribution in [2.45, 2.75) is 12.3 Å². The molecule has 1 heterocycles. The van der Waals surface area contributed by atoms with Crippen LogP contribution >= 0.6 is 11.6 Å². The van der Waals surface area contributed by atoms with E-state index < -0.39 is 11.9 Å². The van der Waals surface area contributed by atoms with Crippen LogP contribution in [0.5, 0.6) is 5.75 Å². The number of carboxylic acid groups (broad SMARTS) is 1. The molecule has 1 amide bonds. The average Bonchev–Trinajstić information content (AvgIpc) is 2.26. The van der Waals surface area contributed by atoms with Gasteiger partial charge in [-0.25, -0.2) is 0 Å². The summed E-state index contributed by atoms with van der Waals surface area (Å²) in [6, 6.07) is 3.05. The van der Waals surface area contributed by atoms with E-state index >= 15 is 0 Å². The number of anilines is 1. The van der Waals surface area contributed by atoms with Gasteiger partial charge in [0.25, 0.3) is 0 Å². The number of halogens is 1. The van der Waals surface area contributed by atoms with E-state index in [9.17, 15) is 9.59 Å². The fourth-order valence-corrected chi connectivity index (χ4v) is 2.08. The molecule has 6 heteroatoms. The van der Waals surface area contributed by atoms with Gasteiger partial charge in [0, 0.05) is 12.1 Å². The molecule has 0 aliphatic carbocycles. The van der Waals surface area contributed by atoms with Crippen molar-refractivity contribution in [3.8, 4) is 5.75 Å². The average molecular weight is 256 g/mol. The zero-order valence-corrected chi connectivity index (χ0v) is 9.75. The lowest BCUT2D eigenvalue weighted by Gasteiger charge is -2.23. The standard InChI is InChI=1S/C11H10ClNO4/c1-17-9-2-5-6(11(15)16)3-10(14)13-8(5)4-7(9)12/h2,4,6H,3H2,1H3,(H,13,14)(H,15,16). The van der Waals surface area contributed by atoms with E-state index in [0.717, 1.165) is 0 Å². The second kappa shape index (κ2) is 4.25. The molecule has 0 bridgehead atoms. The number of ether oxygens (including phenoxy) is 1. The van der Waals surface area contributed by atoms with Gasteiger partial charge in [0.2, 0.25) is 5.91 Å². The maximum absolute atomic E-state index is 11.4. The number of benzene rings is 1. The highest BCUT2D eigenvalue weighted by molar-refractivity contribution is 6.32. The van der Waals surface area contributed by atoms with Crippen LogP contribution in [0.1, 0.15) is 17.9 Å². The summed E-state index contributed by atoms with van der Waals surface area (Å²) in [4.78, 5) is 22.5. The smallest absolute Gasteiger partial charge is 0.311 e. The summed E-state index contributed by atoms with van der Waals surface area (Å²) in [5.41, 5.74) is 0.942. The lowest BCUT2D eigenvalue weighted by molar-refractivity contribution is -0.140. The highest BCUT2D eigenvalue weighted by Crippen LogP contribution is 2.38. The van der Waals surface area contributed by atoms with Gasteiger partial charge in [-0.15, -0.1) is 0 Å². The third-order valence-corrected chi connectivity index (χ3v) is 2.96. The first-order chi connectivity index (χ1) is 8.02. The number of carbonyl (C=O) groups is 2. The molecule has 0 saturated carbocycles. The van der Waals surface area contributed by atoms with Crippen LogP contribution < -0.4 is 10.1 Å². The molecule has 1 aliphatic rings. The molecule has 90 valence electrons. The molecule has 2 N–H and O–H groups in total. The molecule has 0 spiro atoms. The molecule has 0 saturated heterocycles. The van der Waals surface area contributed by atoms with Gasteiger partial charge in [-0.3, -0.25) is 9.59 Å². The van der Waals surface area contributed by atoms with Gasteiger partial charge in [0.05, 0.1) is 18.1 Å². The van der Waals surface area contributed by atoms with Gasteiger partial charge in [0.15, 0.2) is 0 Å². The Morgan fingerprint density at radius 3 is 2.88 bits per heavy atom. The predicted octanol–water partition coefficient (Wildman–Crippen LogP) is 1.86. The molecule has 5 nitrogen and oxygen atoms in total. The fraction of sp³-hybridized carbons (Fsp3) is 0.273. The highest BCUT2D eigenvalue weighted by atomic mass is 35.5. The molecule has 1 unspecified atom stereocenters. The number of fused-ring (bicyclic) bond motifs is 1. The van der Waals surface area contributed by atoms with Crippen molar-refractivity contribution in [1.29, 1.82) is 0 Å². The zero-order chi connectivity index (χ0) is 12.6. The molecular weight excluding hydrogens is 246 g/mol. The molecule has 0 radical (unpaired) electrons. The number of amides is 1. The minimum atomic E-state index is -1.04. The summed E-state index contributed by atoms with van der Waals surface area (Å²) < 4.78 is 5.03. The predicted molar refractivity (Wildman–Crippen MR) is 61.6 cm³/mol. The van der Waals surface area contributed by atoms with E-state index in [-0.39, 0.29) is 12.3 Å². The van der Waals surface area contributed by atoms with Crippen LogP contribution in [0.25, 0.3) is 0 Å². The maximum atomic E-state index is 11.4. The lowest BCUT2D eigenvalue weighted by atomic mass is 9.90. The number of methoxy groups -OCH3 is 1. The minimum absolute atomic E-state index is 0.0763. The normalized spacial score (nSPS) is 18.2. The van der Waals surface area contributed by atoms with Gasteiger partial charge in [-0.2, -0.15) is 0 Å². The monoisotopic (exact) mass is 255 g/mol. The summed E-state index contributed by atoms with van der Waals surface area (Å²) in [5, 5.41) is 12.0. The van der Waals surface area contributed by atoms with E-state index in [1.54, 1.807) is 6.07 Å². The summed E-state index contributed by atoms with van der Waals surface area (Å²) in [6.07, 6.45) is -0.0763. The van der Waals surface area contributed by atoms with E-state index in [1.807, 2.05) is 0 Å². The largest absolute Gasteiger partial charge is 0.495 e. The van der Waals surface area contributed by atoms with Crippen LogP contribution in [-0.4, -0.2) is 24.1 Å². The minimum Gasteiger partial charge on any atom is -0.495 e. The van der Waals surface area contributed by atoms with Crippen molar-refractivity contribution in [1.82, 2.24) is 0 Å². The molecule has 1 aromatic carbocycles. The van der Waals surface area contributed by atoms with Crippen molar-refractivity contribution in [2.75, 3.05) is 12.4 Å². The Morgan fingerprint density at radius 2 is 2.29 bits per heavy atom. The Bertz CT molecular complexity index is 500. The summed E-state index contributed by atoms with van der Waals surface area (Å²) in [6.45, 7) is 0. The number of carboxylic acids is 1. The van der Waals surface area contributed by atoms with Crippen LogP contribution in [0.4, 0.5) is 5.69 Å². The highest BCUT2D eigenvalue weighted by Gasteiger charge is 2.31. The van der Waals surface area contributed by atoms with Crippen LogP contribution in [0.2, 0.25) is 5.02 Å². The van der Waals surface area contributed by atoms with Crippen molar-refractivity contribution in [3.63, 3.8) is 0 Å². The zero-order valence-electron chi connectivity index (χ0n) is 8.99. The van der Waals surface area contributed by atoms with Crippen LogP contribution in [0, 0.1) is 0 Å². The lowest BCUT2D eigenvalue weighted by Crippen LogP contribution is -2.27. The van der Waals surface area contributed by atoms with Gasteiger partial charge in [0.1, 0.15) is 5.75 Å². The second-order valence-corrected chi connectivity index (χ2v) is 4.12. The molecule has 1 aromatic rings. The Labute approximate surface area is 102 Å². The third kappa shape index (κ3) is 2.06.